The molecule has 1 N–H and O–H groups in total. The molecule has 0 aliphatic rings. The molecule has 0 saturated carbocycles. The highest BCUT2D eigenvalue weighted by molar-refractivity contribution is 7.89. The maximum absolute atomic E-state index is 12.7. The minimum absolute atomic E-state index is 0.0473. The van der Waals surface area contributed by atoms with E-state index in [-0.39, 0.29) is 21.4 Å². The normalized spacial score (nSPS) is 11.7. The molecule has 1 aromatic heterocycles. The second-order valence-corrected chi connectivity index (χ2v) is 7.96. The van der Waals surface area contributed by atoms with Crippen molar-refractivity contribution >= 4 is 27.5 Å². The van der Waals surface area contributed by atoms with Crippen molar-refractivity contribution in [2.45, 2.75) is 31.7 Å². The van der Waals surface area contributed by atoms with Gasteiger partial charge in [0.15, 0.2) is 0 Å². The van der Waals surface area contributed by atoms with Crippen LogP contribution in [0.5, 0.6) is 0 Å². The lowest BCUT2D eigenvalue weighted by Crippen LogP contribution is -2.31. The Morgan fingerprint density at radius 3 is 2.65 bits per heavy atom. The highest BCUT2D eigenvalue weighted by Crippen LogP contribution is 2.25. The van der Waals surface area contributed by atoms with Crippen LogP contribution in [0.3, 0.4) is 0 Å². The SMILES string of the molecule is CCN(CC)S(=O)(=O)c1cc(C(=O)NCCCn2ccnc2)ccc1Cl. The summed E-state index contributed by atoms with van der Waals surface area (Å²) in [4.78, 5) is 16.2. The predicted molar refractivity (Wildman–Crippen MR) is 101 cm³/mol. The number of carbonyl (C=O) groups excluding carboxylic acids is 1. The number of sulfonamides is 1. The molecule has 1 heterocycles. The van der Waals surface area contributed by atoms with Crippen LogP contribution in [0.4, 0.5) is 0 Å². The third-order valence-corrected chi connectivity index (χ3v) is 6.49. The standard InChI is InChI=1S/C17H23ClN4O3S/c1-3-22(4-2)26(24,25)16-12-14(6-7-15(16)18)17(23)20-8-5-10-21-11-9-19-13-21/h6-7,9,11-13H,3-5,8,10H2,1-2H3,(H,20,23). The van der Waals surface area contributed by atoms with Crippen molar-refractivity contribution < 1.29 is 13.2 Å². The number of amides is 1. The summed E-state index contributed by atoms with van der Waals surface area (Å²) in [5.74, 6) is -0.330. The first kappa shape index (κ1) is 20.4. The van der Waals surface area contributed by atoms with Gasteiger partial charge in [0.05, 0.1) is 11.3 Å². The molecule has 0 saturated heterocycles. The van der Waals surface area contributed by atoms with Crippen LogP contribution >= 0.6 is 11.6 Å². The summed E-state index contributed by atoms with van der Waals surface area (Å²) in [6.45, 7) is 5.39. The summed E-state index contributed by atoms with van der Waals surface area (Å²) < 4.78 is 28.6. The quantitative estimate of drug-likeness (QED) is 0.657. The van der Waals surface area contributed by atoms with Crippen LogP contribution < -0.4 is 5.32 Å². The topological polar surface area (TPSA) is 84.3 Å². The molecule has 0 atom stereocenters. The Labute approximate surface area is 159 Å². The molecule has 0 unspecified atom stereocenters. The minimum atomic E-state index is -3.73. The molecule has 0 fully saturated rings. The van der Waals surface area contributed by atoms with Gasteiger partial charge in [-0.2, -0.15) is 4.31 Å². The Morgan fingerprint density at radius 2 is 2.04 bits per heavy atom. The fourth-order valence-electron chi connectivity index (χ4n) is 2.53. The van der Waals surface area contributed by atoms with Crippen LogP contribution in [0.2, 0.25) is 5.02 Å². The van der Waals surface area contributed by atoms with E-state index in [0.717, 1.165) is 13.0 Å². The van der Waals surface area contributed by atoms with E-state index < -0.39 is 10.0 Å². The molecular formula is C17H23ClN4O3S. The Morgan fingerprint density at radius 1 is 1.31 bits per heavy atom. The summed E-state index contributed by atoms with van der Waals surface area (Å²) in [6.07, 6.45) is 6.00. The van der Waals surface area contributed by atoms with Crippen molar-refractivity contribution in [1.29, 1.82) is 0 Å². The van der Waals surface area contributed by atoms with Gasteiger partial charge in [-0.3, -0.25) is 4.79 Å². The lowest BCUT2D eigenvalue weighted by Gasteiger charge is -2.19. The van der Waals surface area contributed by atoms with Gasteiger partial charge >= 0.3 is 0 Å². The molecule has 0 radical (unpaired) electrons. The van der Waals surface area contributed by atoms with Crippen LogP contribution in [0.15, 0.2) is 41.8 Å². The minimum Gasteiger partial charge on any atom is -0.352 e. The van der Waals surface area contributed by atoms with E-state index in [2.05, 4.69) is 10.3 Å². The van der Waals surface area contributed by atoms with Gasteiger partial charge in [0.1, 0.15) is 4.90 Å². The van der Waals surface area contributed by atoms with Crippen molar-refractivity contribution in [1.82, 2.24) is 19.2 Å². The average molecular weight is 399 g/mol. The van der Waals surface area contributed by atoms with Gasteiger partial charge < -0.3 is 9.88 Å². The lowest BCUT2D eigenvalue weighted by atomic mass is 10.2. The fraction of sp³-hybridized carbons (Fsp3) is 0.412. The number of nitrogens with one attached hydrogen (secondary N) is 1. The molecule has 2 aromatic rings. The van der Waals surface area contributed by atoms with Gasteiger partial charge in [0.2, 0.25) is 10.0 Å². The van der Waals surface area contributed by atoms with Crippen molar-refractivity contribution in [2.24, 2.45) is 0 Å². The first-order valence-electron chi connectivity index (χ1n) is 8.43. The Kier molecular flexibility index (Phi) is 7.19. The van der Waals surface area contributed by atoms with E-state index in [0.29, 0.717) is 19.6 Å². The molecule has 0 aliphatic heterocycles. The van der Waals surface area contributed by atoms with E-state index in [1.807, 2.05) is 10.8 Å². The number of halogens is 1. The fourth-order valence-corrected chi connectivity index (χ4v) is 4.49. The molecule has 2 rings (SSSR count). The molecular weight excluding hydrogens is 376 g/mol. The molecule has 1 amide bonds. The van der Waals surface area contributed by atoms with E-state index in [4.69, 9.17) is 11.6 Å². The van der Waals surface area contributed by atoms with E-state index >= 15 is 0 Å². The molecule has 0 aliphatic carbocycles. The van der Waals surface area contributed by atoms with Crippen LogP contribution in [-0.2, 0) is 16.6 Å². The molecule has 1 aromatic carbocycles. The summed E-state index contributed by atoms with van der Waals surface area (Å²) in [6, 6.07) is 4.30. The second-order valence-electron chi connectivity index (χ2n) is 5.64. The monoisotopic (exact) mass is 398 g/mol. The number of rotatable bonds is 9. The van der Waals surface area contributed by atoms with Gasteiger partial charge in [-0.1, -0.05) is 25.4 Å². The average Bonchev–Trinajstić information content (AvgIpc) is 3.13. The highest BCUT2D eigenvalue weighted by atomic mass is 35.5. The van der Waals surface area contributed by atoms with E-state index in [9.17, 15) is 13.2 Å². The Hall–Kier alpha value is -1.90. The van der Waals surface area contributed by atoms with Crippen molar-refractivity contribution in [3.63, 3.8) is 0 Å². The zero-order valence-electron chi connectivity index (χ0n) is 14.9. The third kappa shape index (κ3) is 4.84. The molecule has 26 heavy (non-hydrogen) atoms. The van der Waals surface area contributed by atoms with Gasteiger partial charge in [-0.25, -0.2) is 13.4 Å². The summed E-state index contributed by atoms with van der Waals surface area (Å²) in [5.41, 5.74) is 0.266. The smallest absolute Gasteiger partial charge is 0.251 e. The van der Waals surface area contributed by atoms with E-state index in [1.54, 1.807) is 26.4 Å². The molecule has 7 nitrogen and oxygen atoms in total. The number of hydrogen-bond acceptors (Lipinski definition) is 4. The number of nitrogens with zero attached hydrogens (tertiary/aromatic N) is 3. The number of carbonyl (C=O) groups is 1. The highest BCUT2D eigenvalue weighted by Gasteiger charge is 2.25. The second kappa shape index (κ2) is 9.16. The Bertz CT molecular complexity index is 834. The number of hydrogen-bond donors (Lipinski definition) is 1. The van der Waals surface area contributed by atoms with Crippen LogP contribution in [0.25, 0.3) is 0 Å². The van der Waals surface area contributed by atoms with Gasteiger partial charge in [0.25, 0.3) is 5.91 Å². The van der Waals surface area contributed by atoms with Crippen molar-refractivity contribution in [2.75, 3.05) is 19.6 Å². The zero-order valence-corrected chi connectivity index (χ0v) is 16.4. The molecule has 142 valence electrons. The van der Waals surface area contributed by atoms with Crippen LogP contribution in [0.1, 0.15) is 30.6 Å². The predicted octanol–water partition coefficient (Wildman–Crippen LogP) is 2.39. The van der Waals surface area contributed by atoms with Crippen molar-refractivity contribution in [3.8, 4) is 0 Å². The first-order valence-corrected chi connectivity index (χ1v) is 10.3. The first-order chi connectivity index (χ1) is 12.4. The van der Waals surface area contributed by atoms with Crippen LogP contribution in [0, 0.1) is 0 Å². The van der Waals surface area contributed by atoms with Crippen LogP contribution in [-0.4, -0.2) is 47.8 Å². The summed E-state index contributed by atoms with van der Waals surface area (Å²) in [7, 11) is -3.73. The number of aryl methyl sites for hydroxylation is 1. The summed E-state index contributed by atoms with van der Waals surface area (Å²) in [5, 5.41) is 2.90. The van der Waals surface area contributed by atoms with Gasteiger partial charge in [0, 0.05) is 44.1 Å². The van der Waals surface area contributed by atoms with Crippen molar-refractivity contribution in [3.05, 3.63) is 47.5 Å². The molecule has 9 heteroatoms. The van der Waals surface area contributed by atoms with E-state index in [1.165, 1.54) is 22.5 Å². The molecule has 0 bridgehead atoms. The molecule has 0 spiro atoms. The number of benzene rings is 1. The third-order valence-electron chi connectivity index (χ3n) is 3.95. The lowest BCUT2D eigenvalue weighted by molar-refractivity contribution is 0.0952. The number of aromatic nitrogens is 2. The van der Waals surface area contributed by atoms with Gasteiger partial charge in [-0.15, -0.1) is 0 Å². The Balaban J connectivity index is 2.06. The maximum Gasteiger partial charge on any atom is 0.251 e. The largest absolute Gasteiger partial charge is 0.352 e. The number of imidazole rings is 1. The zero-order chi connectivity index (χ0) is 19.2. The van der Waals surface area contributed by atoms with Gasteiger partial charge in [-0.05, 0) is 24.6 Å². The maximum atomic E-state index is 12.7. The summed E-state index contributed by atoms with van der Waals surface area (Å²) >= 11 is 6.08.